The summed E-state index contributed by atoms with van der Waals surface area (Å²) in [4.78, 5) is 11.5. The fraction of sp³-hybridized carbons (Fsp3) is 0.500. The normalized spacial score (nSPS) is 10.6. The van der Waals surface area contributed by atoms with Crippen molar-refractivity contribution < 1.29 is 14.3 Å². The van der Waals surface area contributed by atoms with Gasteiger partial charge in [-0.15, -0.1) is 0 Å². The molecule has 0 radical (unpaired) electrons. The van der Waals surface area contributed by atoms with Crippen LogP contribution in [0.15, 0.2) is 18.2 Å². The van der Waals surface area contributed by atoms with Gasteiger partial charge in [0.1, 0.15) is 12.4 Å². The molecule has 0 bridgehead atoms. The molecule has 0 amide bonds. The van der Waals surface area contributed by atoms with Crippen LogP contribution in [-0.4, -0.2) is 19.2 Å². The molecule has 0 fully saturated rings. The van der Waals surface area contributed by atoms with Gasteiger partial charge < -0.3 is 9.47 Å². The standard InChI is InChI=1S/C14H20O3/c1-5-16-9-14(15)17-13-8-11(4)6-7-12(13)10(2)3/h6-8,10H,5,9H2,1-4H3. The Morgan fingerprint density at radius 1 is 1.35 bits per heavy atom. The van der Waals surface area contributed by atoms with Crippen molar-refractivity contribution in [2.45, 2.75) is 33.6 Å². The lowest BCUT2D eigenvalue weighted by molar-refractivity contribution is -0.139. The molecule has 0 aliphatic heterocycles. The largest absolute Gasteiger partial charge is 0.425 e. The molecule has 1 aromatic carbocycles. The van der Waals surface area contributed by atoms with Crippen molar-refractivity contribution in [3.05, 3.63) is 29.3 Å². The molecule has 0 heterocycles. The highest BCUT2D eigenvalue weighted by Gasteiger charge is 2.12. The average molecular weight is 236 g/mol. The quantitative estimate of drug-likeness (QED) is 0.582. The van der Waals surface area contributed by atoms with Crippen LogP contribution >= 0.6 is 0 Å². The molecule has 3 nitrogen and oxygen atoms in total. The van der Waals surface area contributed by atoms with Crippen molar-refractivity contribution in [3.63, 3.8) is 0 Å². The molecule has 94 valence electrons. The van der Waals surface area contributed by atoms with E-state index in [9.17, 15) is 4.79 Å². The van der Waals surface area contributed by atoms with E-state index in [4.69, 9.17) is 9.47 Å². The molecule has 0 aromatic heterocycles. The van der Waals surface area contributed by atoms with E-state index in [1.807, 2.05) is 32.0 Å². The molecule has 0 unspecified atom stereocenters. The fourth-order valence-electron chi connectivity index (χ4n) is 1.54. The Balaban J connectivity index is 2.81. The molecule has 0 aliphatic rings. The number of aryl methyl sites for hydroxylation is 1. The van der Waals surface area contributed by atoms with Gasteiger partial charge in [-0.05, 0) is 37.0 Å². The maximum atomic E-state index is 11.5. The van der Waals surface area contributed by atoms with Gasteiger partial charge in [0.05, 0.1) is 0 Å². The summed E-state index contributed by atoms with van der Waals surface area (Å²) in [5.74, 6) is 0.620. The summed E-state index contributed by atoms with van der Waals surface area (Å²) in [6.07, 6.45) is 0. The summed E-state index contributed by atoms with van der Waals surface area (Å²) in [7, 11) is 0. The zero-order chi connectivity index (χ0) is 12.8. The van der Waals surface area contributed by atoms with Crippen LogP contribution in [0.5, 0.6) is 5.75 Å². The summed E-state index contributed by atoms with van der Waals surface area (Å²) in [5.41, 5.74) is 2.12. The highest BCUT2D eigenvalue weighted by molar-refractivity contribution is 5.74. The lowest BCUT2D eigenvalue weighted by atomic mass is 10.0. The molecule has 0 saturated heterocycles. The second-order valence-corrected chi connectivity index (χ2v) is 4.31. The molecule has 3 heteroatoms. The molecule has 0 aliphatic carbocycles. The Morgan fingerprint density at radius 3 is 2.65 bits per heavy atom. The van der Waals surface area contributed by atoms with Crippen LogP contribution in [0.1, 0.15) is 37.8 Å². The second kappa shape index (κ2) is 6.40. The van der Waals surface area contributed by atoms with Crippen molar-refractivity contribution in [1.29, 1.82) is 0 Å². The molecular weight excluding hydrogens is 216 g/mol. The van der Waals surface area contributed by atoms with Gasteiger partial charge in [0.2, 0.25) is 0 Å². The van der Waals surface area contributed by atoms with Crippen LogP contribution in [0.3, 0.4) is 0 Å². The summed E-state index contributed by atoms with van der Waals surface area (Å²) >= 11 is 0. The molecule has 0 atom stereocenters. The monoisotopic (exact) mass is 236 g/mol. The predicted octanol–water partition coefficient (Wildman–Crippen LogP) is 3.06. The molecular formula is C14H20O3. The van der Waals surface area contributed by atoms with Gasteiger partial charge in [0, 0.05) is 6.61 Å². The van der Waals surface area contributed by atoms with Crippen molar-refractivity contribution in [1.82, 2.24) is 0 Å². The van der Waals surface area contributed by atoms with Crippen LogP contribution in [0.25, 0.3) is 0 Å². The third-order valence-electron chi connectivity index (χ3n) is 2.44. The fourth-order valence-corrected chi connectivity index (χ4v) is 1.54. The van der Waals surface area contributed by atoms with Crippen molar-refractivity contribution >= 4 is 5.97 Å². The van der Waals surface area contributed by atoms with Crippen LogP contribution in [0.2, 0.25) is 0 Å². The number of ether oxygens (including phenoxy) is 2. The Hall–Kier alpha value is -1.35. The average Bonchev–Trinajstić information content (AvgIpc) is 2.26. The summed E-state index contributed by atoms with van der Waals surface area (Å²) in [6.45, 7) is 8.49. The zero-order valence-electron chi connectivity index (χ0n) is 10.9. The van der Waals surface area contributed by atoms with E-state index >= 15 is 0 Å². The highest BCUT2D eigenvalue weighted by Crippen LogP contribution is 2.27. The van der Waals surface area contributed by atoms with Gasteiger partial charge in [-0.2, -0.15) is 0 Å². The minimum Gasteiger partial charge on any atom is -0.425 e. The lowest BCUT2D eigenvalue weighted by Crippen LogP contribution is -2.16. The van der Waals surface area contributed by atoms with E-state index in [0.717, 1.165) is 11.1 Å². The highest BCUT2D eigenvalue weighted by atomic mass is 16.6. The van der Waals surface area contributed by atoms with Gasteiger partial charge in [-0.1, -0.05) is 26.0 Å². The first kappa shape index (κ1) is 13.7. The van der Waals surface area contributed by atoms with Crippen LogP contribution in [0.4, 0.5) is 0 Å². The minimum absolute atomic E-state index is 0.00196. The lowest BCUT2D eigenvalue weighted by Gasteiger charge is -2.13. The van der Waals surface area contributed by atoms with Gasteiger partial charge in [0.15, 0.2) is 0 Å². The maximum Gasteiger partial charge on any atom is 0.337 e. The zero-order valence-corrected chi connectivity index (χ0v) is 10.9. The third-order valence-corrected chi connectivity index (χ3v) is 2.44. The SMILES string of the molecule is CCOCC(=O)Oc1cc(C)ccc1C(C)C. The number of carbonyl (C=O) groups is 1. The smallest absolute Gasteiger partial charge is 0.337 e. The topological polar surface area (TPSA) is 35.5 Å². The summed E-state index contributed by atoms with van der Waals surface area (Å²) in [6, 6.07) is 5.91. The number of carbonyl (C=O) groups excluding carboxylic acids is 1. The number of hydrogen-bond donors (Lipinski definition) is 0. The van der Waals surface area contributed by atoms with E-state index in [1.54, 1.807) is 0 Å². The Labute approximate surface area is 103 Å². The van der Waals surface area contributed by atoms with Gasteiger partial charge in [-0.25, -0.2) is 4.79 Å². The first-order valence-corrected chi connectivity index (χ1v) is 5.93. The Bertz CT molecular complexity index is 383. The molecule has 17 heavy (non-hydrogen) atoms. The van der Waals surface area contributed by atoms with E-state index < -0.39 is 0 Å². The van der Waals surface area contributed by atoms with Gasteiger partial charge >= 0.3 is 5.97 Å². The Morgan fingerprint density at radius 2 is 2.06 bits per heavy atom. The molecule has 0 saturated carbocycles. The van der Waals surface area contributed by atoms with E-state index in [2.05, 4.69) is 13.8 Å². The summed E-state index contributed by atoms with van der Waals surface area (Å²) < 4.78 is 10.3. The summed E-state index contributed by atoms with van der Waals surface area (Å²) in [5, 5.41) is 0. The first-order valence-electron chi connectivity index (χ1n) is 5.93. The molecule has 1 aromatic rings. The van der Waals surface area contributed by atoms with Crippen molar-refractivity contribution in [3.8, 4) is 5.75 Å². The predicted molar refractivity (Wildman–Crippen MR) is 67.4 cm³/mol. The van der Waals surface area contributed by atoms with Crippen LogP contribution < -0.4 is 4.74 Å². The Kier molecular flexibility index (Phi) is 5.16. The maximum absolute atomic E-state index is 11.5. The number of esters is 1. The van der Waals surface area contributed by atoms with E-state index in [1.165, 1.54) is 0 Å². The van der Waals surface area contributed by atoms with Crippen LogP contribution in [-0.2, 0) is 9.53 Å². The number of rotatable bonds is 5. The second-order valence-electron chi connectivity index (χ2n) is 4.31. The van der Waals surface area contributed by atoms with Gasteiger partial charge in [0.25, 0.3) is 0 Å². The molecule has 0 N–H and O–H groups in total. The van der Waals surface area contributed by atoms with E-state index in [-0.39, 0.29) is 12.6 Å². The van der Waals surface area contributed by atoms with Crippen molar-refractivity contribution in [2.24, 2.45) is 0 Å². The number of benzene rings is 1. The van der Waals surface area contributed by atoms with Crippen molar-refractivity contribution in [2.75, 3.05) is 13.2 Å². The molecule has 1 rings (SSSR count). The van der Waals surface area contributed by atoms with Crippen LogP contribution in [0, 0.1) is 6.92 Å². The number of hydrogen-bond acceptors (Lipinski definition) is 3. The van der Waals surface area contributed by atoms with Gasteiger partial charge in [-0.3, -0.25) is 0 Å². The van der Waals surface area contributed by atoms with E-state index in [0.29, 0.717) is 18.3 Å². The molecule has 0 spiro atoms. The minimum atomic E-state index is -0.348. The third kappa shape index (κ3) is 4.19. The first-order chi connectivity index (χ1) is 8.04.